The Balaban J connectivity index is -0.0000000408. The first-order valence-corrected chi connectivity index (χ1v) is 2.61. The van der Waals surface area contributed by atoms with Crippen LogP contribution in [0.2, 0.25) is 0 Å². The molecule has 0 aromatic heterocycles. The zero-order valence-electron chi connectivity index (χ0n) is 6.90. The number of carbonyl (C=O) groups is 1. The van der Waals surface area contributed by atoms with Crippen LogP contribution in [0.5, 0.6) is 0 Å². The largest absolute Gasteiger partial charge is 0.313 e. The highest BCUT2D eigenvalue weighted by Crippen LogP contribution is 1.71. The summed E-state index contributed by atoms with van der Waals surface area (Å²) in [5.41, 5.74) is 0. The molecule has 0 aliphatic carbocycles. The van der Waals surface area contributed by atoms with Crippen LogP contribution < -0.4 is 5.32 Å². The van der Waals surface area contributed by atoms with Crippen molar-refractivity contribution >= 4 is 5.78 Å². The maximum Gasteiger partial charge on any atom is 0.169 e. The molecule has 0 unspecified atom stereocenters. The third-order valence-corrected chi connectivity index (χ3v) is 0.704. The van der Waals surface area contributed by atoms with Crippen LogP contribution in [0.25, 0.3) is 0 Å². The molecule has 0 aliphatic heterocycles. The number of rotatable bonds is 3. The Hall–Kier alpha value is -0.910. The summed E-state index contributed by atoms with van der Waals surface area (Å²) in [6.45, 7) is 2.26. The molecular weight excluding hydrogens is 178 g/mol. The average molecular weight is 193 g/mol. The normalized spacial score (nSPS) is 6.83. The number of hydrogen-bond donors (Lipinski definition) is 1. The van der Waals surface area contributed by atoms with Gasteiger partial charge in [-0.25, -0.2) is 0 Å². The maximum absolute atomic E-state index is 10.5. The van der Waals surface area contributed by atoms with Crippen LogP contribution in [-0.4, -0.2) is 19.4 Å². The van der Waals surface area contributed by atoms with Gasteiger partial charge in [0, 0.05) is 0 Å². The Bertz CT molecular complexity index is 108. The van der Waals surface area contributed by atoms with Gasteiger partial charge < -0.3 is 5.32 Å². The zero-order chi connectivity index (χ0) is 6.41. The molecule has 6 heteroatoms. The van der Waals surface area contributed by atoms with Gasteiger partial charge in [0.15, 0.2) is 5.78 Å². The van der Waals surface area contributed by atoms with Crippen LogP contribution >= 0.6 is 0 Å². The summed E-state index contributed by atoms with van der Waals surface area (Å²) in [5, 5.41) is 2.75. The minimum absolute atomic E-state index is 0. The Labute approximate surface area is 68.5 Å². The van der Waals surface area contributed by atoms with Gasteiger partial charge in [-0.2, -0.15) is 0 Å². The van der Waals surface area contributed by atoms with E-state index >= 15 is 0 Å². The van der Waals surface area contributed by atoms with Crippen LogP contribution in [0, 0.1) is 0 Å². The Morgan fingerprint density at radius 3 is 1.92 bits per heavy atom. The molecule has 0 aromatic carbocycles. The highest BCUT2D eigenvalue weighted by atomic mass is 19.0. The van der Waals surface area contributed by atoms with E-state index in [0.29, 0.717) is 6.54 Å². The van der Waals surface area contributed by atoms with Gasteiger partial charge in [0.2, 0.25) is 0 Å². The highest BCUT2D eigenvalue weighted by molar-refractivity contribution is 5.91. The van der Waals surface area contributed by atoms with Crippen LogP contribution in [0.4, 0.5) is 18.8 Å². The van der Waals surface area contributed by atoms with Gasteiger partial charge in [0.25, 0.3) is 0 Å². The van der Waals surface area contributed by atoms with Crippen molar-refractivity contribution in [3.63, 3.8) is 0 Å². The molecule has 0 heterocycles. The van der Waals surface area contributed by atoms with E-state index in [9.17, 15) is 4.79 Å². The van der Waals surface area contributed by atoms with Gasteiger partial charge in [0.05, 0.1) is 6.54 Å². The molecule has 12 heavy (non-hydrogen) atoms. The van der Waals surface area contributed by atoms with Crippen molar-refractivity contribution in [2.75, 3.05) is 13.6 Å². The fourth-order valence-corrected chi connectivity index (χ4v) is 0.419. The molecule has 0 fully saturated rings. The molecule has 0 aromatic rings. The van der Waals surface area contributed by atoms with Gasteiger partial charge in [-0.05, 0) is 20.0 Å². The van der Waals surface area contributed by atoms with Gasteiger partial charge >= 0.3 is 0 Å². The van der Waals surface area contributed by atoms with Gasteiger partial charge in [-0.1, -0.05) is 6.08 Å². The lowest BCUT2D eigenvalue weighted by Gasteiger charge is -1.88. The van der Waals surface area contributed by atoms with E-state index in [4.69, 9.17) is 0 Å². The van der Waals surface area contributed by atoms with E-state index in [-0.39, 0.29) is 24.6 Å². The van der Waals surface area contributed by atoms with Gasteiger partial charge in [-0.3, -0.25) is 23.6 Å². The first-order chi connectivity index (χ1) is 3.81. The SMILES string of the molecule is CC=CC(=O)CNC.F.F.F.F. The quantitative estimate of drug-likeness (QED) is 0.534. The smallest absolute Gasteiger partial charge is 0.169 e. The maximum atomic E-state index is 10.5. The number of carbonyl (C=O) groups excluding carboxylic acids is 1. The minimum Gasteiger partial charge on any atom is -0.313 e. The summed E-state index contributed by atoms with van der Waals surface area (Å²) in [7, 11) is 1.75. The van der Waals surface area contributed by atoms with Crippen molar-refractivity contribution in [2.24, 2.45) is 0 Å². The van der Waals surface area contributed by atoms with Crippen molar-refractivity contribution < 1.29 is 23.6 Å². The summed E-state index contributed by atoms with van der Waals surface area (Å²) >= 11 is 0. The van der Waals surface area contributed by atoms with Crippen molar-refractivity contribution in [3.05, 3.63) is 12.2 Å². The topological polar surface area (TPSA) is 29.1 Å². The third kappa shape index (κ3) is 23.0. The first kappa shape index (κ1) is 30.4. The van der Waals surface area contributed by atoms with E-state index in [1.165, 1.54) is 0 Å². The zero-order valence-corrected chi connectivity index (χ0v) is 6.90. The molecule has 0 saturated carbocycles. The fourth-order valence-electron chi connectivity index (χ4n) is 0.419. The molecule has 0 rings (SSSR count). The third-order valence-electron chi connectivity index (χ3n) is 0.704. The lowest BCUT2D eigenvalue weighted by molar-refractivity contribution is -0.113. The summed E-state index contributed by atoms with van der Waals surface area (Å²) in [4.78, 5) is 10.5. The lowest BCUT2D eigenvalue weighted by Crippen LogP contribution is -2.15. The second-order valence-electron chi connectivity index (χ2n) is 1.50. The Morgan fingerprint density at radius 2 is 1.67 bits per heavy atom. The molecule has 0 spiro atoms. The van der Waals surface area contributed by atoms with Crippen molar-refractivity contribution in [1.82, 2.24) is 5.32 Å². The average Bonchev–Trinajstić information content (AvgIpc) is 1.68. The summed E-state index contributed by atoms with van der Waals surface area (Å²) in [6.07, 6.45) is 3.29. The summed E-state index contributed by atoms with van der Waals surface area (Å²) in [5.74, 6) is 0.120. The number of nitrogens with one attached hydrogen (secondary N) is 1. The molecule has 0 aliphatic rings. The molecule has 0 atom stereocenters. The van der Waals surface area contributed by atoms with Gasteiger partial charge in [0.1, 0.15) is 0 Å². The van der Waals surface area contributed by atoms with E-state index in [1.807, 2.05) is 6.92 Å². The number of halogens is 4. The first-order valence-electron chi connectivity index (χ1n) is 2.61. The molecule has 78 valence electrons. The second-order valence-corrected chi connectivity index (χ2v) is 1.50. The number of allylic oxidation sites excluding steroid dienone is 1. The highest BCUT2D eigenvalue weighted by Gasteiger charge is 1.88. The second kappa shape index (κ2) is 22.5. The van der Waals surface area contributed by atoms with Crippen LogP contribution in [-0.2, 0) is 4.79 Å². The molecule has 1 N–H and O–H groups in total. The fraction of sp³-hybridized carbons (Fsp3) is 0.500. The molecule has 0 radical (unpaired) electrons. The number of ketones is 1. The van der Waals surface area contributed by atoms with E-state index in [2.05, 4.69) is 5.32 Å². The van der Waals surface area contributed by atoms with E-state index in [0.717, 1.165) is 0 Å². The minimum atomic E-state index is 0. The molecule has 0 amide bonds. The molecule has 0 saturated heterocycles. The van der Waals surface area contributed by atoms with Gasteiger partial charge in [-0.15, -0.1) is 0 Å². The summed E-state index contributed by atoms with van der Waals surface area (Å²) in [6, 6.07) is 0. The van der Waals surface area contributed by atoms with Crippen molar-refractivity contribution in [3.8, 4) is 0 Å². The standard InChI is InChI=1S/C6H11NO.4FH/c1-3-4-6(8)5-7-2;;;;/h3-4,7H,5H2,1-2H3;4*1H. The number of likely N-dealkylation sites (N-methyl/N-ethyl adjacent to an activating group) is 1. The predicted molar refractivity (Wildman–Crippen MR) is 43.8 cm³/mol. The van der Waals surface area contributed by atoms with E-state index < -0.39 is 0 Å². The number of hydrogen-bond acceptors (Lipinski definition) is 2. The molecule has 0 bridgehead atoms. The lowest BCUT2D eigenvalue weighted by atomic mass is 10.3. The van der Waals surface area contributed by atoms with Crippen molar-refractivity contribution in [2.45, 2.75) is 6.92 Å². The monoisotopic (exact) mass is 193 g/mol. The Kier molecular flexibility index (Phi) is 57.0. The van der Waals surface area contributed by atoms with Crippen LogP contribution in [0.15, 0.2) is 12.2 Å². The predicted octanol–water partition coefficient (Wildman–Crippen LogP) is 0.961. The van der Waals surface area contributed by atoms with Crippen LogP contribution in [0.1, 0.15) is 6.92 Å². The molecular formula is C6H15F4NO. The van der Waals surface area contributed by atoms with E-state index in [1.54, 1.807) is 19.2 Å². The van der Waals surface area contributed by atoms with Crippen LogP contribution in [0.3, 0.4) is 0 Å². The summed E-state index contributed by atoms with van der Waals surface area (Å²) < 4.78 is 0. The Morgan fingerprint density at radius 1 is 1.25 bits per heavy atom. The van der Waals surface area contributed by atoms with Crippen molar-refractivity contribution in [1.29, 1.82) is 0 Å². The molecule has 2 nitrogen and oxygen atoms in total.